The van der Waals surface area contributed by atoms with E-state index in [1.807, 2.05) is 0 Å². The van der Waals surface area contributed by atoms with Gasteiger partial charge in [0.1, 0.15) is 0 Å². The monoisotopic (exact) mass is 281 g/mol. The van der Waals surface area contributed by atoms with Crippen LogP contribution in [0.3, 0.4) is 0 Å². The van der Waals surface area contributed by atoms with Gasteiger partial charge in [-0.05, 0) is 51.7 Å². The molecule has 1 heterocycles. The quantitative estimate of drug-likeness (QED) is 0.728. The molecule has 3 heteroatoms. The fourth-order valence-corrected chi connectivity index (χ4v) is 4.16. The molecule has 0 aromatic carbocycles. The first-order valence-electron chi connectivity index (χ1n) is 8.98. The number of hydrogen-bond donors (Lipinski definition) is 1. The van der Waals surface area contributed by atoms with Crippen LogP contribution >= 0.6 is 0 Å². The number of likely N-dealkylation sites (tertiary alicyclic amines) is 1. The van der Waals surface area contributed by atoms with Crippen molar-refractivity contribution in [2.45, 2.75) is 70.3 Å². The van der Waals surface area contributed by atoms with E-state index < -0.39 is 0 Å². The standard InChI is InChI=1S/C17H35N3/c1-2-11-20(15-14-19-12-7-8-13-19)17(16-18)9-5-3-4-6-10-17/h2-16,18H2,1H3. The van der Waals surface area contributed by atoms with Gasteiger partial charge in [-0.2, -0.15) is 0 Å². The van der Waals surface area contributed by atoms with Crippen LogP contribution in [0.2, 0.25) is 0 Å². The lowest BCUT2D eigenvalue weighted by molar-refractivity contribution is 0.0681. The second-order valence-corrected chi connectivity index (χ2v) is 6.88. The van der Waals surface area contributed by atoms with E-state index in [0.29, 0.717) is 5.54 Å². The number of nitrogens with zero attached hydrogens (tertiary/aromatic N) is 2. The normalized spacial score (nSPS) is 24.1. The summed E-state index contributed by atoms with van der Waals surface area (Å²) >= 11 is 0. The van der Waals surface area contributed by atoms with E-state index in [0.717, 1.165) is 6.54 Å². The molecule has 0 unspecified atom stereocenters. The highest BCUT2D eigenvalue weighted by Crippen LogP contribution is 2.32. The molecule has 1 saturated carbocycles. The lowest BCUT2D eigenvalue weighted by Crippen LogP contribution is -2.55. The minimum atomic E-state index is 0.312. The lowest BCUT2D eigenvalue weighted by atomic mass is 9.87. The predicted octanol–water partition coefficient (Wildman–Crippen LogP) is 2.85. The van der Waals surface area contributed by atoms with Crippen LogP contribution in [0.4, 0.5) is 0 Å². The number of rotatable bonds is 7. The molecule has 1 aliphatic carbocycles. The summed E-state index contributed by atoms with van der Waals surface area (Å²) in [5, 5.41) is 0. The molecule has 2 N–H and O–H groups in total. The van der Waals surface area contributed by atoms with Gasteiger partial charge < -0.3 is 10.6 Å². The molecule has 2 aliphatic rings. The van der Waals surface area contributed by atoms with Crippen LogP contribution in [0.15, 0.2) is 0 Å². The maximum absolute atomic E-state index is 6.27. The highest BCUT2D eigenvalue weighted by Gasteiger charge is 2.35. The molecule has 1 saturated heterocycles. The van der Waals surface area contributed by atoms with Gasteiger partial charge >= 0.3 is 0 Å². The van der Waals surface area contributed by atoms with Gasteiger partial charge in [0.05, 0.1) is 0 Å². The van der Waals surface area contributed by atoms with Crippen molar-refractivity contribution in [3.05, 3.63) is 0 Å². The highest BCUT2D eigenvalue weighted by atomic mass is 15.2. The van der Waals surface area contributed by atoms with Crippen LogP contribution in [0.1, 0.15) is 64.7 Å². The first-order valence-corrected chi connectivity index (χ1v) is 8.98. The van der Waals surface area contributed by atoms with Crippen LogP contribution in [0.25, 0.3) is 0 Å². The Kier molecular flexibility index (Phi) is 6.79. The third-order valence-corrected chi connectivity index (χ3v) is 5.46. The zero-order chi connectivity index (χ0) is 14.3. The minimum Gasteiger partial charge on any atom is -0.329 e. The second-order valence-electron chi connectivity index (χ2n) is 6.88. The van der Waals surface area contributed by atoms with Crippen LogP contribution in [-0.4, -0.2) is 54.6 Å². The molecule has 2 rings (SSSR count). The molecule has 118 valence electrons. The molecule has 0 radical (unpaired) electrons. The summed E-state index contributed by atoms with van der Waals surface area (Å²) in [6.07, 6.45) is 12.3. The fraction of sp³-hybridized carbons (Fsp3) is 1.00. The summed E-state index contributed by atoms with van der Waals surface area (Å²) in [4.78, 5) is 5.40. The molecule has 0 aromatic heterocycles. The molecule has 0 spiro atoms. The molecule has 0 aromatic rings. The van der Waals surface area contributed by atoms with Crippen molar-refractivity contribution in [1.82, 2.24) is 9.80 Å². The van der Waals surface area contributed by atoms with Crippen molar-refractivity contribution in [3.8, 4) is 0 Å². The van der Waals surface area contributed by atoms with Crippen molar-refractivity contribution in [2.24, 2.45) is 5.73 Å². The summed E-state index contributed by atoms with van der Waals surface area (Å²) in [6.45, 7) is 9.50. The Morgan fingerprint density at radius 1 is 0.950 bits per heavy atom. The Labute approximate surface area is 125 Å². The average molecular weight is 281 g/mol. The topological polar surface area (TPSA) is 32.5 Å². The van der Waals surface area contributed by atoms with E-state index in [1.54, 1.807) is 0 Å². The first kappa shape index (κ1) is 16.3. The van der Waals surface area contributed by atoms with Gasteiger partial charge in [0.2, 0.25) is 0 Å². The maximum atomic E-state index is 6.27. The zero-order valence-electron chi connectivity index (χ0n) is 13.6. The minimum absolute atomic E-state index is 0.312. The van der Waals surface area contributed by atoms with Crippen molar-refractivity contribution in [2.75, 3.05) is 39.3 Å². The molecule has 3 nitrogen and oxygen atoms in total. The van der Waals surface area contributed by atoms with Crippen LogP contribution in [-0.2, 0) is 0 Å². The summed E-state index contributed by atoms with van der Waals surface area (Å²) in [5.41, 5.74) is 6.58. The van der Waals surface area contributed by atoms with Gasteiger partial charge in [-0.15, -0.1) is 0 Å². The van der Waals surface area contributed by atoms with Crippen LogP contribution in [0.5, 0.6) is 0 Å². The van der Waals surface area contributed by atoms with Gasteiger partial charge in [-0.3, -0.25) is 4.90 Å². The predicted molar refractivity (Wildman–Crippen MR) is 87.0 cm³/mol. The Balaban J connectivity index is 1.95. The first-order chi connectivity index (χ1) is 9.80. The average Bonchev–Trinajstić information content (AvgIpc) is 2.87. The Hall–Kier alpha value is -0.120. The number of nitrogens with two attached hydrogens (primary N) is 1. The van der Waals surface area contributed by atoms with E-state index in [4.69, 9.17) is 5.73 Å². The van der Waals surface area contributed by atoms with Gasteiger partial charge in [0.25, 0.3) is 0 Å². The van der Waals surface area contributed by atoms with Gasteiger partial charge in [-0.1, -0.05) is 32.6 Å². The second kappa shape index (κ2) is 8.35. The van der Waals surface area contributed by atoms with Crippen molar-refractivity contribution >= 4 is 0 Å². The van der Waals surface area contributed by atoms with E-state index in [1.165, 1.54) is 90.5 Å². The molecular formula is C17H35N3. The molecule has 20 heavy (non-hydrogen) atoms. The van der Waals surface area contributed by atoms with Crippen molar-refractivity contribution < 1.29 is 0 Å². The van der Waals surface area contributed by atoms with Crippen molar-refractivity contribution in [1.29, 1.82) is 0 Å². The third kappa shape index (κ3) is 4.19. The summed E-state index contributed by atoms with van der Waals surface area (Å²) < 4.78 is 0. The smallest absolute Gasteiger partial charge is 0.0332 e. The van der Waals surface area contributed by atoms with Gasteiger partial charge in [0.15, 0.2) is 0 Å². The zero-order valence-corrected chi connectivity index (χ0v) is 13.6. The number of hydrogen-bond acceptors (Lipinski definition) is 3. The largest absolute Gasteiger partial charge is 0.329 e. The molecule has 0 amide bonds. The van der Waals surface area contributed by atoms with Gasteiger partial charge in [0, 0.05) is 25.2 Å². The van der Waals surface area contributed by atoms with Crippen molar-refractivity contribution in [3.63, 3.8) is 0 Å². The molecule has 0 bridgehead atoms. The molecular weight excluding hydrogens is 246 g/mol. The molecule has 1 aliphatic heterocycles. The highest BCUT2D eigenvalue weighted by molar-refractivity contribution is 4.93. The summed E-state index contributed by atoms with van der Waals surface area (Å²) in [5.74, 6) is 0. The van der Waals surface area contributed by atoms with E-state index in [9.17, 15) is 0 Å². The Bertz CT molecular complexity index is 253. The Morgan fingerprint density at radius 3 is 2.15 bits per heavy atom. The molecule has 2 fully saturated rings. The summed E-state index contributed by atoms with van der Waals surface area (Å²) in [6, 6.07) is 0. The van der Waals surface area contributed by atoms with Crippen LogP contribution in [0, 0.1) is 0 Å². The fourth-order valence-electron chi connectivity index (χ4n) is 4.16. The van der Waals surface area contributed by atoms with Crippen LogP contribution < -0.4 is 5.73 Å². The van der Waals surface area contributed by atoms with E-state index in [-0.39, 0.29) is 0 Å². The maximum Gasteiger partial charge on any atom is 0.0332 e. The van der Waals surface area contributed by atoms with E-state index >= 15 is 0 Å². The summed E-state index contributed by atoms with van der Waals surface area (Å²) in [7, 11) is 0. The molecule has 0 atom stereocenters. The SMILES string of the molecule is CCCN(CCN1CCCC1)C1(CN)CCCCCC1. The lowest BCUT2D eigenvalue weighted by Gasteiger charge is -2.44. The van der Waals surface area contributed by atoms with E-state index in [2.05, 4.69) is 16.7 Å². The van der Waals surface area contributed by atoms with Gasteiger partial charge in [-0.25, -0.2) is 0 Å². The third-order valence-electron chi connectivity index (χ3n) is 5.46. The Morgan fingerprint density at radius 2 is 1.60 bits per heavy atom.